The van der Waals surface area contributed by atoms with E-state index in [4.69, 9.17) is 4.21 Å². The maximum Gasteiger partial charge on any atom is -1.00 e. The van der Waals surface area contributed by atoms with E-state index in [-0.39, 0.29) is 35.6 Å². The van der Waals surface area contributed by atoms with Gasteiger partial charge in [-0.25, -0.2) is 0 Å². The standard InChI is InChI=1S/2C13H15.CH2.2ClH.Zr/c2*1-13(2,3)12-8-7-10-5-4-6-11(10)9-12;;;;/h2*4-9H,1-3H3;1H2;2*1H;/q;;;;;+2/p-2. The average Bonchev–Trinajstić information content (AvgIpc) is 3.22. The van der Waals surface area contributed by atoms with Crippen molar-refractivity contribution in [1.82, 2.24) is 0 Å². The van der Waals surface area contributed by atoms with E-state index >= 15 is 0 Å². The second-order valence-electron chi connectivity index (χ2n) is 10.4. The smallest absolute Gasteiger partial charge is 1.00 e. The predicted octanol–water partition coefficient (Wildman–Crippen LogP) is 1.18. The Morgan fingerprint density at radius 3 is 1.37 bits per heavy atom. The molecule has 0 aliphatic heterocycles. The summed E-state index contributed by atoms with van der Waals surface area (Å²) in [5.41, 5.74) is 9.14. The van der Waals surface area contributed by atoms with Gasteiger partial charge in [-0.15, -0.1) is 0 Å². The Hall–Kier alpha value is -0.747. The van der Waals surface area contributed by atoms with Crippen molar-refractivity contribution >= 4 is 16.4 Å². The van der Waals surface area contributed by atoms with Gasteiger partial charge in [0.25, 0.3) is 0 Å². The quantitative estimate of drug-likeness (QED) is 0.560. The fraction of sp³-hybridized carbons (Fsp3) is 0.370. The molecule has 2 unspecified atom stereocenters. The predicted molar refractivity (Wildman–Crippen MR) is 121 cm³/mol. The summed E-state index contributed by atoms with van der Waals surface area (Å²) in [6.45, 7) is 13.8. The molecular formula is C27H32Cl2Zr. The molecule has 0 radical (unpaired) electrons. The maximum atomic E-state index is 4.88. The summed E-state index contributed by atoms with van der Waals surface area (Å²) in [6, 6.07) is 14.2. The minimum atomic E-state index is -2.04. The van der Waals surface area contributed by atoms with Gasteiger partial charge in [0.1, 0.15) is 0 Å². The Labute approximate surface area is 202 Å². The van der Waals surface area contributed by atoms with E-state index in [1.54, 1.807) is 0 Å². The molecule has 0 amide bonds. The molecule has 2 aliphatic carbocycles. The number of halogens is 2. The summed E-state index contributed by atoms with van der Waals surface area (Å²) < 4.78 is 6.01. The van der Waals surface area contributed by atoms with Gasteiger partial charge in [-0.1, -0.05) is 0 Å². The van der Waals surface area contributed by atoms with Crippen molar-refractivity contribution in [3.05, 3.63) is 81.9 Å². The van der Waals surface area contributed by atoms with Gasteiger partial charge in [-0.3, -0.25) is 0 Å². The van der Waals surface area contributed by atoms with Gasteiger partial charge in [0.2, 0.25) is 0 Å². The van der Waals surface area contributed by atoms with Crippen LogP contribution < -0.4 is 24.8 Å². The fourth-order valence-electron chi connectivity index (χ4n) is 4.37. The van der Waals surface area contributed by atoms with Crippen molar-refractivity contribution in [2.24, 2.45) is 0 Å². The zero-order valence-corrected chi connectivity index (χ0v) is 22.9. The van der Waals surface area contributed by atoms with Crippen molar-refractivity contribution in [3.8, 4) is 0 Å². The summed E-state index contributed by atoms with van der Waals surface area (Å²) >= 11 is -2.04. The van der Waals surface area contributed by atoms with Crippen LogP contribution in [0.3, 0.4) is 0 Å². The molecule has 0 bridgehead atoms. The third-order valence-corrected chi connectivity index (χ3v) is 12.7. The summed E-state index contributed by atoms with van der Waals surface area (Å²) in [7, 11) is 0. The van der Waals surface area contributed by atoms with Crippen LogP contribution in [0, 0.1) is 0 Å². The second kappa shape index (κ2) is 9.01. The molecule has 2 atom stereocenters. The zero-order chi connectivity index (χ0) is 20.3. The molecule has 0 saturated heterocycles. The number of hydrogen-bond donors (Lipinski definition) is 0. The third kappa shape index (κ3) is 4.69. The first-order chi connectivity index (χ1) is 13.1. The molecule has 2 aromatic carbocycles. The largest absolute Gasteiger partial charge is 1.00 e. The van der Waals surface area contributed by atoms with Gasteiger partial charge in [0.05, 0.1) is 0 Å². The van der Waals surface area contributed by atoms with Crippen LogP contribution in [0.15, 0.2) is 48.6 Å². The minimum absolute atomic E-state index is 0. The van der Waals surface area contributed by atoms with Crippen LogP contribution in [-0.4, -0.2) is 4.21 Å². The van der Waals surface area contributed by atoms with Crippen molar-refractivity contribution in [2.75, 3.05) is 0 Å². The molecule has 0 saturated carbocycles. The molecule has 4 rings (SSSR count). The van der Waals surface area contributed by atoms with Crippen LogP contribution in [0.2, 0.25) is 0 Å². The van der Waals surface area contributed by atoms with Crippen molar-refractivity contribution in [3.63, 3.8) is 0 Å². The van der Waals surface area contributed by atoms with Crippen LogP contribution in [0.25, 0.3) is 12.2 Å². The summed E-state index contributed by atoms with van der Waals surface area (Å²) in [5.74, 6) is 0. The fourth-order valence-corrected chi connectivity index (χ4v) is 10.2. The Balaban J connectivity index is 0.00000160. The van der Waals surface area contributed by atoms with Crippen molar-refractivity contribution in [2.45, 2.75) is 59.6 Å². The van der Waals surface area contributed by atoms with E-state index in [1.165, 1.54) is 33.4 Å². The molecule has 2 aromatic rings. The van der Waals surface area contributed by atoms with Gasteiger partial charge in [0.15, 0.2) is 0 Å². The first kappa shape index (κ1) is 25.5. The molecule has 0 aromatic heterocycles. The Bertz CT molecular complexity index is 935. The van der Waals surface area contributed by atoms with Crippen LogP contribution in [-0.2, 0) is 32.1 Å². The van der Waals surface area contributed by atoms with Gasteiger partial charge in [0, 0.05) is 0 Å². The first-order valence-corrected chi connectivity index (χ1v) is 15.0. The number of benzene rings is 2. The zero-order valence-electron chi connectivity index (χ0n) is 18.9. The summed E-state index contributed by atoms with van der Waals surface area (Å²) in [6.07, 6.45) is 9.59. The van der Waals surface area contributed by atoms with Crippen LogP contribution >= 0.6 is 0 Å². The SMILES string of the molecule is [CH2]=[Zr+2]([CH]1C=Cc2ccc(C(C)(C)C)cc21)[CH]1C=Cc2ccc(C(C)(C)C)cc21.[Cl-].[Cl-]. The molecule has 0 fully saturated rings. The number of hydrogen-bond acceptors (Lipinski definition) is 0. The van der Waals surface area contributed by atoms with Crippen LogP contribution in [0.1, 0.15) is 82.2 Å². The molecule has 158 valence electrons. The van der Waals surface area contributed by atoms with Gasteiger partial charge in [-0.05, 0) is 0 Å². The molecule has 30 heavy (non-hydrogen) atoms. The average molecular weight is 519 g/mol. The van der Waals surface area contributed by atoms with E-state index < -0.39 is 21.3 Å². The number of fused-ring (bicyclic) bond motifs is 2. The molecule has 0 spiro atoms. The third-order valence-electron chi connectivity index (χ3n) is 6.31. The van der Waals surface area contributed by atoms with E-state index in [9.17, 15) is 0 Å². The number of rotatable bonds is 2. The molecule has 0 heterocycles. The maximum absolute atomic E-state index is 4.88. The minimum Gasteiger partial charge on any atom is -1.00 e. The van der Waals surface area contributed by atoms with E-state index in [1.807, 2.05) is 0 Å². The van der Waals surface area contributed by atoms with E-state index in [2.05, 4.69) is 102 Å². The van der Waals surface area contributed by atoms with Crippen LogP contribution in [0.4, 0.5) is 0 Å². The Kier molecular flexibility index (Phi) is 7.66. The van der Waals surface area contributed by atoms with E-state index in [0.29, 0.717) is 7.25 Å². The van der Waals surface area contributed by atoms with Crippen molar-refractivity contribution < 1.29 is 46.1 Å². The summed E-state index contributed by atoms with van der Waals surface area (Å²) in [4.78, 5) is 0. The Morgan fingerprint density at radius 2 is 1.03 bits per heavy atom. The number of allylic oxidation sites excluding steroid dienone is 2. The molecular weight excluding hydrogens is 486 g/mol. The van der Waals surface area contributed by atoms with Gasteiger partial charge in [-0.2, -0.15) is 0 Å². The monoisotopic (exact) mass is 516 g/mol. The Morgan fingerprint density at radius 1 is 0.667 bits per heavy atom. The van der Waals surface area contributed by atoms with Crippen molar-refractivity contribution in [1.29, 1.82) is 0 Å². The van der Waals surface area contributed by atoms with Gasteiger partial charge < -0.3 is 24.8 Å². The van der Waals surface area contributed by atoms with Crippen LogP contribution in [0.5, 0.6) is 0 Å². The molecule has 3 heteroatoms. The topological polar surface area (TPSA) is 0 Å². The second-order valence-corrected chi connectivity index (χ2v) is 16.3. The molecule has 0 N–H and O–H groups in total. The normalized spacial score (nSPS) is 18.7. The van der Waals surface area contributed by atoms with E-state index in [0.717, 1.165) is 0 Å². The first-order valence-electron chi connectivity index (χ1n) is 10.4. The summed E-state index contributed by atoms with van der Waals surface area (Å²) in [5, 5.41) is 0. The molecule has 0 nitrogen and oxygen atoms in total. The van der Waals surface area contributed by atoms with Gasteiger partial charge >= 0.3 is 179 Å². The molecule has 2 aliphatic rings.